The van der Waals surface area contributed by atoms with Gasteiger partial charge in [0.15, 0.2) is 11.5 Å². The Hall–Kier alpha value is -3.35. The van der Waals surface area contributed by atoms with Gasteiger partial charge in [-0.05, 0) is 48.4 Å². The molecule has 0 aromatic heterocycles. The number of carbonyl (C=O) groups excluding carboxylic acids is 2. The number of halogens is 1. The van der Waals surface area contributed by atoms with Gasteiger partial charge in [-0.15, -0.1) is 0 Å². The van der Waals surface area contributed by atoms with E-state index in [2.05, 4.69) is 10.6 Å². The highest BCUT2D eigenvalue weighted by Crippen LogP contribution is 2.30. The highest BCUT2D eigenvalue weighted by Gasteiger charge is 2.22. The predicted molar refractivity (Wildman–Crippen MR) is 93.0 cm³/mol. The van der Waals surface area contributed by atoms with Crippen molar-refractivity contribution < 1.29 is 23.5 Å². The first kappa shape index (κ1) is 17.5. The summed E-state index contributed by atoms with van der Waals surface area (Å²) in [6.45, 7) is 2.45. The third-order valence-electron chi connectivity index (χ3n) is 3.58. The van der Waals surface area contributed by atoms with Gasteiger partial charge in [0.1, 0.15) is 18.1 Å². The van der Waals surface area contributed by atoms with Gasteiger partial charge in [0.2, 0.25) is 0 Å². The number of hydrogen-bond acceptors (Lipinski definition) is 4. The van der Waals surface area contributed by atoms with Crippen molar-refractivity contribution in [2.75, 3.05) is 6.61 Å². The maximum atomic E-state index is 13.2. The van der Waals surface area contributed by atoms with E-state index in [4.69, 9.17) is 9.47 Å². The molecular formula is C19H17FN2O4. The molecule has 1 saturated heterocycles. The fourth-order valence-electron chi connectivity index (χ4n) is 2.44. The number of nitrogens with one attached hydrogen (secondary N) is 2. The van der Waals surface area contributed by atoms with Crippen molar-refractivity contribution in [3.05, 3.63) is 65.1 Å². The Bertz CT molecular complexity index is 880. The van der Waals surface area contributed by atoms with Gasteiger partial charge >= 0.3 is 6.03 Å². The second kappa shape index (κ2) is 7.69. The molecule has 1 aliphatic heterocycles. The summed E-state index contributed by atoms with van der Waals surface area (Å²) < 4.78 is 24.6. The molecule has 0 bridgehead atoms. The molecule has 2 aromatic carbocycles. The normalized spacial score (nSPS) is 14.9. The Balaban J connectivity index is 1.79. The van der Waals surface area contributed by atoms with E-state index < -0.39 is 11.9 Å². The Morgan fingerprint density at radius 3 is 2.58 bits per heavy atom. The lowest BCUT2D eigenvalue weighted by Gasteiger charge is -2.13. The molecule has 0 atom stereocenters. The topological polar surface area (TPSA) is 76.7 Å². The van der Waals surface area contributed by atoms with E-state index in [1.54, 1.807) is 36.4 Å². The number of amides is 3. The van der Waals surface area contributed by atoms with E-state index >= 15 is 0 Å². The number of imide groups is 1. The summed E-state index contributed by atoms with van der Waals surface area (Å²) >= 11 is 0. The molecule has 134 valence electrons. The third-order valence-corrected chi connectivity index (χ3v) is 3.58. The first-order chi connectivity index (χ1) is 12.5. The average molecular weight is 356 g/mol. The average Bonchev–Trinajstić information content (AvgIpc) is 2.92. The van der Waals surface area contributed by atoms with Crippen molar-refractivity contribution in [3.8, 4) is 11.5 Å². The molecule has 7 heteroatoms. The highest BCUT2D eigenvalue weighted by molar-refractivity contribution is 6.14. The van der Waals surface area contributed by atoms with Crippen LogP contribution in [0.3, 0.4) is 0 Å². The summed E-state index contributed by atoms with van der Waals surface area (Å²) in [5, 5.41) is 4.56. The molecule has 1 aliphatic rings. The number of ether oxygens (including phenoxy) is 2. The minimum atomic E-state index is -0.554. The minimum absolute atomic E-state index is 0.158. The van der Waals surface area contributed by atoms with Gasteiger partial charge in [0.25, 0.3) is 5.91 Å². The second-order valence-electron chi connectivity index (χ2n) is 5.52. The minimum Gasteiger partial charge on any atom is -0.490 e. The monoisotopic (exact) mass is 356 g/mol. The SMILES string of the molecule is CCOc1cc(/C=C2\NC(=O)NC2=O)ccc1OCc1cccc(F)c1. The van der Waals surface area contributed by atoms with Crippen LogP contribution in [0.5, 0.6) is 11.5 Å². The van der Waals surface area contributed by atoms with Crippen LogP contribution in [0, 0.1) is 5.82 Å². The third kappa shape index (κ3) is 4.18. The molecular weight excluding hydrogens is 339 g/mol. The summed E-state index contributed by atoms with van der Waals surface area (Å²) in [7, 11) is 0. The molecule has 0 unspecified atom stereocenters. The number of carbonyl (C=O) groups is 2. The van der Waals surface area contributed by atoms with Crippen molar-refractivity contribution in [2.24, 2.45) is 0 Å². The molecule has 0 saturated carbocycles. The zero-order valence-electron chi connectivity index (χ0n) is 14.0. The van der Waals surface area contributed by atoms with Gasteiger partial charge in [0, 0.05) is 0 Å². The summed E-state index contributed by atoms with van der Waals surface area (Å²) in [6, 6.07) is 10.7. The van der Waals surface area contributed by atoms with Crippen LogP contribution in [0.1, 0.15) is 18.1 Å². The van der Waals surface area contributed by atoms with Gasteiger partial charge in [-0.25, -0.2) is 9.18 Å². The maximum Gasteiger partial charge on any atom is 0.326 e. The fourth-order valence-corrected chi connectivity index (χ4v) is 2.44. The van der Waals surface area contributed by atoms with Crippen LogP contribution in [0.25, 0.3) is 6.08 Å². The molecule has 26 heavy (non-hydrogen) atoms. The van der Waals surface area contributed by atoms with Crippen LogP contribution in [0.2, 0.25) is 0 Å². The largest absolute Gasteiger partial charge is 0.490 e. The molecule has 2 N–H and O–H groups in total. The number of hydrogen-bond donors (Lipinski definition) is 2. The van der Waals surface area contributed by atoms with Gasteiger partial charge in [-0.3, -0.25) is 10.1 Å². The van der Waals surface area contributed by atoms with E-state index in [1.165, 1.54) is 12.1 Å². The Labute approximate surface area is 149 Å². The van der Waals surface area contributed by atoms with Crippen LogP contribution < -0.4 is 20.1 Å². The summed E-state index contributed by atoms with van der Waals surface area (Å²) in [5.41, 5.74) is 1.52. The fraction of sp³-hybridized carbons (Fsp3) is 0.158. The zero-order chi connectivity index (χ0) is 18.5. The summed E-state index contributed by atoms with van der Waals surface area (Å²) in [6.07, 6.45) is 1.54. The molecule has 3 amide bonds. The summed E-state index contributed by atoms with van der Waals surface area (Å²) in [5.74, 6) is 0.176. The van der Waals surface area contributed by atoms with E-state index in [1.807, 2.05) is 6.92 Å². The van der Waals surface area contributed by atoms with Crippen molar-refractivity contribution in [1.29, 1.82) is 0 Å². The van der Waals surface area contributed by atoms with E-state index in [-0.39, 0.29) is 18.1 Å². The molecule has 2 aromatic rings. The Morgan fingerprint density at radius 1 is 1.04 bits per heavy atom. The van der Waals surface area contributed by atoms with Gasteiger partial charge in [-0.1, -0.05) is 18.2 Å². The van der Waals surface area contributed by atoms with Crippen LogP contribution in [0.4, 0.5) is 9.18 Å². The lowest BCUT2D eigenvalue weighted by atomic mass is 10.1. The molecule has 3 rings (SSSR count). The van der Waals surface area contributed by atoms with E-state index in [0.717, 1.165) is 0 Å². The molecule has 6 nitrogen and oxygen atoms in total. The molecule has 1 heterocycles. The van der Waals surface area contributed by atoms with Gasteiger partial charge in [0.05, 0.1) is 6.61 Å². The van der Waals surface area contributed by atoms with Gasteiger partial charge < -0.3 is 14.8 Å². The molecule has 0 aliphatic carbocycles. The quantitative estimate of drug-likeness (QED) is 0.616. The van der Waals surface area contributed by atoms with Crippen LogP contribution >= 0.6 is 0 Å². The summed E-state index contributed by atoms with van der Waals surface area (Å²) in [4.78, 5) is 22.8. The Kier molecular flexibility index (Phi) is 5.17. The predicted octanol–water partition coefficient (Wildman–Crippen LogP) is 2.98. The van der Waals surface area contributed by atoms with Crippen molar-refractivity contribution in [1.82, 2.24) is 10.6 Å². The van der Waals surface area contributed by atoms with Crippen LogP contribution in [0.15, 0.2) is 48.2 Å². The Morgan fingerprint density at radius 2 is 1.88 bits per heavy atom. The lowest BCUT2D eigenvalue weighted by molar-refractivity contribution is -0.115. The molecule has 0 spiro atoms. The number of urea groups is 1. The van der Waals surface area contributed by atoms with Crippen LogP contribution in [-0.2, 0) is 11.4 Å². The van der Waals surface area contributed by atoms with Gasteiger partial charge in [-0.2, -0.15) is 0 Å². The maximum absolute atomic E-state index is 13.2. The van der Waals surface area contributed by atoms with Crippen molar-refractivity contribution >= 4 is 18.0 Å². The standard InChI is InChI=1S/C19H17FN2O4/c1-2-25-17-10-12(9-15-18(23)22-19(24)21-15)6-7-16(17)26-11-13-4-3-5-14(20)8-13/h3-10H,2,11H2,1H3,(H2,21,22,23,24)/b15-9-. The first-order valence-electron chi connectivity index (χ1n) is 8.03. The zero-order valence-corrected chi connectivity index (χ0v) is 14.0. The number of benzene rings is 2. The molecule has 0 radical (unpaired) electrons. The lowest BCUT2D eigenvalue weighted by Crippen LogP contribution is -2.22. The molecule has 1 fully saturated rings. The van der Waals surface area contributed by atoms with E-state index in [0.29, 0.717) is 29.2 Å². The second-order valence-corrected chi connectivity index (χ2v) is 5.52. The number of rotatable bonds is 6. The first-order valence-corrected chi connectivity index (χ1v) is 8.03. The van der Waals surface area contributed by atoms with Crippen molar-refractivity contribution in [3.63, 3.8) is 0 Å². The smallest absolute Gasteiger partial charge is 0.326 e. The van der Waals surface area contributed by atoms with E-state index in [9.17, 15) is 14.0 Å². The van der Waals surface area contributed by atoms with Crippen molar-refractivity contribution in [2.45, 2.75) is 13.5 Å². The highest BCUT2D eigenvalue weighted by atomic mass is 19.1. The van der Waals surface area contributed by atoms with Crippen LogP contribution in [-0.4, -0.2) is 18.5 Å².